The Labute approximate surface area is 143 Å². The summed E-state index contributed by atoms with van der Waals surface area (Å²) in [5, 5.41) is 0. The molecule has 0 fully saturated rings. The lowest BCUT2D eigenvalue weighted by atomic mass is 10.4. The highest BCUT2D eigenvalue weighted by atomic mass is 16.5. The lowest BCUT2D eigenvalue weighted by Crippen LogP contribution is -2.26. The van der Waals surface area contributed by atoms with Crippen LogP contribution in [-0.2, 0) is 14.2 Å². The Morgan fingerprint density at radius 3 is 1.45 bits per heavy atom. The van der Waals surface area contributed by atoms with Crippen molar-refractivity contribution >= 4 is 0 Å². The van der Waals surface area contributed by atoms with E-state index in [0.717, 1.165) is 0 Å². The van der Waals surface area contributed by atoms with Gasteiger partial charge in [-0.25, -0.2) is 0 Å². The third-order valence-electron chi connectivity index (χ3n) is 1.74. The second-order valence-corrected chi connectivity index (χ2v) is 4.25. The molecule has 5 nitrogen and oxygen atoms in total. The first-order valence-electron chi connectivity index (χ1n) is 5.80. The molecule has 0 saturated carbocycles. The van der Waals surface area contributed by atoms with Crippen molar-refractivity contribution in [2.24, 2.45) is 11.5 Å². The maximum absolute atomic E-state index is 5.55. The minimum atomic E-state index is 0. The van der Waals surface area contributed by atoms with E-state index in [-0.39, 0.29) is 62.7 Å². The molecule has 0 aliphatic rings. The van der Waals surface area contributed by atoms with E-state index in [4.69, 9.17) is 25.7 Å². The van der Waals surface area contributed by atoms with Crippen molar-refractivity contribution in [2.75, 3.05) is 33.0 Å². The van der Waals surface area contributed by atoms with E-state index in [9.17, 15) is 0 Å². The predicted molar refractivity (Wildman–Crippen MR) is 105 cm³/mol. The van der Waals surface area contributed by atoms with Crippen LogP contribution in [0.3, 0.4) is 0 Å². The summed E-state index contributed by atoms with van der Waals surface area (Å²) in [5.41, 5.74) is 11.1. The molecule has 0 aromatic rings. The van der Waals surface area contributed by atoms with Crippen LogP contribution in [-0.4, -0.2) is 51.2 Å². The normalized spacial score (nSPS) is 12.4. The molecule has 0 rings (SSSR count). The van der Waals surface area contributed by atoms with Crippen LogP contribution in [0.1, 0.15) is 65.3 Å². The molecule has 5 heteroatoms. The average Bonchev–Trinajstić information content (AvgIpc) is 2.16. The summed E-state index contributed by atoms with van der Waals surface area (Å²) in [6, 6.07) is 0.147. The molecule has 0 heterocycles. The zero-order valence-electron chi connectivity index (χ0n) is 10.6. The zero-order chi connectivity index (χ0) is 12.4. The monoisotopic (exact) mass is 330 g/mol. The zero-order valence-corrected chi connectivity index (χ0v) is 10.6. The Balaban J connectivity index is -0.0000000750. The Hall–Kier alpha value is -0.200. The molecule has 0 bridgehead atoms. The first kappa shape index (κ1) is 43.1. The molecule has 0 aromatic carbocycles. The third-order valence-corrected chi connectivity index (χ3v) is 1.74. The molecule has 4 N–H and O–H groups in total. The molecule has 0 aliphatic carbocycles. The van der Waals surface area contributed by atoms with Crippen LogP contribution in [0, 0.1) is 0 Å². The van der Waals surface area contributed by atoms with Gasteiger partial charge in [-0.2, -0.15) is 0 Å². The van der Waals surface area contributed by atoms with Gasteiger partial charge in [0.1, 0.15) is 0 Å². The first-order chi connectivity index (χ1) is 7.52. The Bertz CT molecular complexity index is 157. The van der Waals surface area contributed by atoms with Gasteiger partial charge in [0, 0.05) is 12.1 Å². The molecule has 3 unspecified atom stereocenters. The molecule has 0 saturated heterocycles. The van der Waals surface area contributed by atoms with Crippen LogP contribution in [0.4, 0.5) is 0 Å². The van der Waals surface area contributed by atoms with Crippen LogP contribution in [0.15, 0.2) is 0 Å². The second-order valence-electron chi connectivity index (χ2n) is 4.25. The molecular weight excluding hydrogens is 280 g/mol. The fourth-order valence-electron chi connectivity index (χ4n) is 1.05. The van der Waals surface area contributed by atoms with Crippen LogP contribution < -0.4 is 11.5 Å². The molecule has 0 spiro atoms. The van der Waals surface area contributed by atoms with Crippen molar-refractivity contribution in [1.29, 1.82) is 0 Å². The van der Waals surface area contributed by atoms with Gasteiger partial charge in [-0.1, -0.05) is 44.6 Å². The second kappa shape index (κ2) is 28.9. The minimum absolute atomic E-state index is 0. The fraction of sp³-hybridized carbons (Fsp3) is 1.00. The largest absolute Gasteiger partial charge is 0.377 e. The quantitative estimate of drug-likeness (QED) is 0.593. The van der Waals surface area contributed by atoms with E-state index < -0.39 is 0 Å². The van der Waals surface area contributed by atoms with Crippen LogP contribution in [0.5, 0.6) is 0 Å². The molecule has 146 valence electrons. The van der Waals surface area contributed by atoms with Gasteiger partial charge in [-0.05, 0) is 20.8 Å². The molecule has 0 radical (unpaired) electrons. The molecule has 0 amide bonds. The average molecular weight is 331 g/mol. The summed E-state index contributed by atoms with van der Waals surface area (Å²) < 4.78 is 16.1. The number of nitrogens with two attached hydrogens (primary N) is 2. The smallest absolute Gasteiger partial charge is 0.0781 e. The molecule has 3 atom stereocenters. The Kier molecular flexibility index (Phi) is 56.5. The maximum atomic E-state index is 5.55. The Morgan fingerprint density at radius 2 is 1.05 bits per heavy atom. The van der Waals surface area contributed by atoms with Crippen molar-refractivity contribution in [3.63, 3.8) is 0 Å². The summed E-state index contributed by atoms with van der Waals surface area (Å²) >= 11 is 0. The van der Waals surface area contributed by atoms with E-state index in [1.807, 2.05) is 20.8 Å². The van der Waals surface area contributed by atoms with Gasteiger partial charge in [-0.15, -0.1) is 0 Å². The van der Waals surface area contributed by atoms with E-state index in [0.29, 0.717) is 33.0 Å². The highest BCUT2D eigenvalue weighted by Crippen LogP contribution is 1.93. The molecular formula is C17H50N2O3. The van der Waals surface area contributed by atoms with E-state index in [1.54, 1.807) is 0 Å². The predicted octanol–water partition coefficient (Wildman–Crippen LogP) is 3.94. The molecule has 0 aromatic heterocycles. The van der Waals surface area contributed by atoms with Gasteiger partial charge in [0.15, 0.2) is 0 Å². The van der Waals surface area contributed by atoms with Crippen molar-refractivity contribution in [3.8, 4) is 0 Å². The molecule has 0 aliphatic heterocycles. The maximum Gasteiger partial charge on any atom is 0.0781 e. The number of rotatable bonds is 10. The minimum Gasteiger partial charge on any atom is -0.377 e. The summed E-state index contributed by atoms with van der Waals surface area (Å²) in [5.74, 6) is 0. The summed E-state index contributed by atoms with van der Waals surface area (Å²) in [6.07, 6.45) is 0.0673. The van der Waals surface area contributed by atoms with Crippen molar-refractivity contribution in [1.82, 2.24) is 0 Å². The van der Waals surface area contributed by atoms with Gasteiger partial charge < -0.3 is 25.7 Å². The van der Waals surface area contributed by atoms with Gasteiger partial charge in [0.25, 0.3) is 0 Å². The van der Waals surface area contributed by atoms with Crippen LogP contribution in [0.25, 0.3) is 0 Å². The summed E-state index contributed by atoms with van der Waals surface area (Å²) in [7, 11) is 0. The molecule has 22 heavy (non-hydrogen) atoms. The van der Waals surface area contributed by atoms with Crippen molar-refractivity contribution in [2.45, 2.75) is 83.5 Å². The standard InChI is InChI=1S/C11H26N2O3.6CH4/c1-9(12)6-14-4-5-16-11(3)8-15-7-10(2)13;;;;;;/h9-11H,4-8,12-13H2,1-3H3;6*1H4. The lowest BCUT2D eigenvalue weighted by Gasteiger charge is -2.14. The van der Waals surface area contributed by atoms with Crippen molar-refractivity contribution < 1.29 is 14.2 Å². The fourth-order valence-corrected chi connectivity index (χ4v) is 1.05. The van der Waals surface area contributed by atoms with Crippen molar-refractivity contribution in [3.05, 3.63) is 0 Å². The topological polar surface area (TPSA) is 79.7 Å². The highest BCUT2D eigenvalue weighted by molar-refractivity contribution is 4.52. The van der Waals surface area contributed by atoms with E-state index in [1.165, 1.54) is 0 Å². The van der Waals surface area contributed by atoms with E-state index >= 15 is 0 Å². The number of hydrogen-bond donors (Lipinski definition) is 2. The summed E-state index contributed by atoms with van der Waals surface area (Å²) in [6.45, 7) is 8.61. The highest BCUT2D eigenvalue weighted by Gasteiger charge is 2.03. The third kappa shape index (κ3) is 36.7. The van der Waals surface area contributed by atoms with Gasteiger partial charge in [0.05, 0.1) is 39.1 Å². The SMILES string of the molecule is C.C.C.C.C.C.CC(N)COCCOC(C)COCC(C)N. The van der Waals surface area contributed by atoms with Gasteiger partial charge in [-0.3, -0.25) is 0 Å². The summed E-state index contributed by atoms with van der Waals surface area (Å²) in [4.78, 5) is 0. The van der Waals surface area contributed by atoms with Gasteiger partial charge >= 0.3 is 0 Å². The number of hydrogen-bond acceptors (Lipinski definition) is 5. The van der Waals surface area contributed by atoms with E-state index in [2.05, 4.69) is 0 Å². The van der Waals surface area contributed by atoms with Crippen LogP contribution >= 0.6 is 0 Å². The van der Waals surface area contributed by atoms with Crippen LogP contribution in [0.2, 0.25) is 0 Å². The lowest BCUT2D eigenvalue weighted by molar-refractivity contribution is -0.0319. The first-order valence-corrected chi connectivity index (χ1v) is 5.80. The van der Waals surface area contributed by atoms with Gasteiger partial charge in [0.2, 0.25) is 0 Å². The number of ether oxygens (including phenoxy) is 3. The Morgan fingerprint density at radius 1 is 0.636 bits per heavy atom.